The van der Waals surface area contributed by atoms with Gasteiger partial charge in [-0.15, -0.1) is 0 Å². The van der Waals surface area contributed by atoms with Crippen molar-refractivity contribution in [2.75, 3.05) is 29.9 Å². The Morgan fingerprint density at radius 1 is 0.961 bits per heavy atom. The van der Waals surface area contributed by atoms with Gasteiger partial charge in [0.2, 0.25) is 11.9 Å². The van der Waals surface area contributed by atoms with Gasteiger partial charge in [-0.1, -0.05) is 31.2 Å². The minimum absolute atomic E-state index is 0.143. The number of carbonyl (C=O) groups is 2. The Labute approximate surface area is 295 Å². The number of aliphatic hydroxyl groups is 2. The minimum atomic E-state index is -1.19. The second-order valence-electron chi connectivity index (χ2n) is 14.2. The Bertz CT molecular complexity index is 1800. The molecule has 0 unspecified atom stereocenters. The van der Waals surface area contributed by atoms with Crippen LogP contribution in [-0.2, 0) is 9.53 Å². The van der Waals surface area contributed by atoms with Crippen molar-refractivity contribution in [1.29, 1.82) is 0 Å². The SMILES string of the molecule is CCC(=O)N[C@H]1C[C@@H](n2cnc3c(NCC(c4ccc(O)cc4)c4ccc(O)cc4)nc(N4CC[C@@H](NC(=O)OC(C)(C)C)C4)nc32)[C@H](O)[C@@H]1O. The molecule has 6 rings (SSSR count). The first-order chi connectivity index (χ1) is 24.3. The highest BCUT2D eigenvalue weighted by atomic mass is 16.6. The summed E-state index contributed by atoms with van der Waals surface area (Å²) in [5.41, 5.74) is 2.07. The van der Waals surface area contributed by atoms with Crippen LogP contribution in [0.3, 0.4) is 0 Å². The number of carbonyl (C=O) groups excluding carboxylic acids is 2. The van der Waals surface area contributed by atoms with Gasteiger partial charge in [-0.05, 0) is 69.0 Å². The molecule has 0 spiro atoms. The average Bonchev–Trinajstić information content (AvgIpc) is 3.80. The number of phenols is 2. The van der Waals surface area contributed by atoms with Gasteiger partial charge in [-0.3, -0.25) is 4.79 Å². The number of alkyl carbamates (subject to hydrolysis) is 1. The fourth-order valence-corrected chi connectivity index (χ4v) is 6.72. The highest BCUT2D eigenvalue weighted by Crippen LogP contribution is 2.36. The van der Waals surface area contributed by atoms with Crippen molar-refractivity contribution in [3.8, 4) is 11.5 Å². The van der Waals surface area contributed by atoms with Crippen molar-refractivity contribution in [2.24, 2.45) is 0 Å². The number of hydrogen-bond donors (Lipinski definition) is 7. The lowest BCUT2D eigenvalue weighted by atomic mass is 9.91. The number of nitrogens with zero attached hydrogens (tertiary/aromatic N) is 5. The second-order valence-corrected chi connectivity index (χ2v) is 14.2. The molecule has 1 saturated heterocycles. The smallest absolute Gasteiger partial charge is 0.407 e. The molecule has 4 aromatic rings. The first kappa shape index (κ1) is 35.7. The van der Waals surface area contributed by atoms with Crippen molar-refractivity contribution < 1.29 is 34.8 Å². The number of hydrogen-bond acceptors (Lipinski definition) is 12. The number of benzene rings is 2. The molecule has 1 saturated carbocycles. The number of aliphatic hydroxyl groups excluding tert-OH is 2. The van der Waals surface area contributed by atoms with Crippen molar-refractivity contribution in [3.05, 3.63) is 66.0 Å². The van der Waals surface area contributed by atoms with Gasteiger partial charge >= 0.3 is 6.09 Å². The Balaban J connectivity index is 1.34. The maximum absolute atomic E-state index is 12.5. The summed E-state index contributed by atoms with van der Waals surface area (Å²) in [5, 5.41) is 51.2. The van der Waals surface area contributed by atoms with Crippen LogP contribution < -0.4 is 20.9 Å². The molecule has 15 heteroatoms. The third kappa shape index (κ3) is 8.10. The van der Waals surface area contributed by atoms with Crippen LogP contribution in [0.15, 0.2) is 54.9 Å². The van der Waals surface area contributed by atoms with Crippen molar-refractivity contribution in [2.45, 2.75) is 88.8 Å². The fraction of sp³-hybridized carbons (Fsp3) is 0.472. The van der Waals surface area contributed by atoms with Gasteiger partial charge in [0, 0.05) is 32.0 Å². The lowest BCUT2D eigenvalue weighted by Crippen LogP contribution is -2.42. The Morgan fingerprint density at radius 2 is 1.61 bits per heavy atom. The number of fused-ring (bicyclic) bond motifs is 1. The molecule has 51 heavy (non-hydrogen) atoms. The first-order valence-electron chi connectivity index (χ1n) is 17.3. The number of anilines is 2. The van der Waals surface area contributed by atoms with E-state index in [1.54, 1.807) is 42.1 Å². The van der Waals surface area contributed by atoms with Crippen molar-refractivity contribution in [1.82, 2.24) is 30.2 Å². The summed E-state index contributed by atoms with van der Waals surface area (Å²) in [4.78, 5) is 41.2. The summed E-state index contributed by atoms with van der Waals surface area (Å²) in [6.45, 7) is 8.48. The van der Waals surface area contributed by atoms with Crippen LogP contribution in [0.1, 0.15) is 70.0 Å². The average molecular weight is 703 g/mol. The third-order valence-electron chi connectivity index (χ3n) is 9.34. The van der Waals surface area contributed by atoms with E-state index in [1.165, 1.54) is 0 Å². The monoisotopic (exact) mass is 702 g/mol. The van der Waals surface area contributed by atoms with Crippen LogP contribution in [0.2, 0.25) is 0 Å². The summed E-state index contributed by atoms with van der Waals surface area (Å²) in [6.07, 6.45) is -0.167. The Kier molecular flexibility index (Phi) is 10.2. The van der Waals surface area contributed by atoms with E-state index in [1.807, 2.05) is 49.9 Å². The number of aromatic hydroxyl groups is 2. The lowest BCUT2D eigenvalue weighted by Gasteiger charge is -2.23. The van der Waals surface area contributed by atoms with E-state index in [4.69, 9.17) is 14.7 Å². The maximum atomic E-state index is 12.5. The molecule has 1 aliphatic heterocycles. The highest BCUT2D eigenvalue weighted by Gasteiger charge is 2.44. The van der Waals surface area contributed by atoms with Crippen molar-refractivity contribution in [3.63, 3.8) is 0 Å². The number of aromatic nitrogens is 4. The predicted octanol–water partition coefficient (Wildman–Crippen LogP) is 3.15. The standard InChI is InChI=1S/C36H46N8O7/c1-5-28(47)40-26-16-27(31(49)30(26)48)44-19-38-29-32(37-17-25(20-6-10-23(45)11-7-20)21-8-12-24(46)13-9-21)41-34(42-33(29)44)43-15-14-22(18-43)39-35(50)51-36(2,3)4/h6-13,19,22,25-27,30-31,45-46,48-49H,5,14-18H2,1-4H3,(H,39,50)(H,40,47)(H,37,41,42)/t22-,26+,27-,30-,31+/m1/s1. The molecule has 2 fully saturated rings. The van der Waals surface area contributed by atoms with Crippen LogP contribution in [0.5, 0.6) is 11.5 Å². The van der Waals surface area contributed by atoms with Crippen LogP contribution in [0.25, 0.3) is 11.2 Å². The molecule has 2 aliphatic rings. The summed E-state index contributed by atoms with van der Waals surface area (Å²) >= 11 is 0. The number of nitrogens with one attached hydrogen (secondary N) is 3. The molecule has 7 N–H and O–H groups in total. The van der Waals surface area contributed by atoms with E-state index in [2.05, 4.69) is 20.9 Å². The summed E-state index contributed by atoms with van der Waals surface area (Å²) in [5.74, 6) is 0.664. The Hall–Kier alpha value is -5.15. The molecule has 1 aliphatic carbocycles. The van der Waals surface area contributed by atoms with Crippen LogP contribution in [-0.4, -0.2) is 101 Å². The van der Waals surface area contributed by atoms with Gasteiger partial charge in [0.15, 0.2) is 17.0 Å². The fourth-order valence-electron chi connectivity index (χ4n) is 6.72. The zero-order valence-corrected chi connectivity index (χ0v) is 29.2. The number of rotatable bonds is 10. The van der Waals surface area contributed by atoms with Gasteiger partial charge in [0.1, 0.15) is 29.3 Å². The molecule has 0 radical (unpaired) electrons. The quantitative estimate of drug-likeness (QED) is 0.127. The van der Waals surface area contributed by atoms with E-state index in [9.17, 15) is 30.0 Å². The molecule has 0 bridgehead atoms. The minimum Gasteiger partial charge on any atom is -0.508 e. The Morgan fingerprint density at radius 3 is 2.22 bits per heavy atom. The molecule has 15 nitrogen and oxygen atoms in total. The third-order valence-corrected chi connectivity index (χ3v) is 9.34. The molecule has 5 atom stereocenters. The molecule has 272 valence electrons. The van der Waals surface area contributed by atoms with Gasteiger partial charge in [0.05, 0.1) is 24.5 Å². The number of amides is 2. The van der Waals surface area contributed by atoms with E-state index >= 15 is 0 Å². The molecule has 2 amide bonds. The lowest BCUT2D eigenvalue weighted by molar-refractivity contribution is -0.122. The predicted molar refractivity (Wildman–Crippen MR) is 190 cm³/mol. The molecule has 2 aromatic heterocycles. The van der Waals surface area contributed by atoms with Gasteiger partial charge in [-0.2, -0.15) is 9.97 Å². The summed E-state index contributed by atoms with van der Waals surface area (Å²) in [6, 6.07) is 12.4. The number of phenolic OH excluding ortho intramolecular Hbond substituents is 2. The highest BCUT2D eigenvalue weighted by molar-refractivity contribution is 5.85. The van der Waals surface area contributed by atoms with E-state index in [0.717, 1.165) is 11.1 Å². The zero-order chi connectivity index (χ0) is 36.4. The van der Waals surface area contributed by atoms with Gasteiger partial charge in [-0.25, -0.2) is 9.78 Å². The largest absolute Gasteiger partial charge is 0.508 e. The zero-order valence-electron chi connectivity index (χ0n) is 29.2. The van der Waals surface area contributed by atoms with E-state index < -0.39 is 36.0 Å². The molecule has 2 aromatic carbocycles. The van der Waals surface area contributed by atoms with Crippen LogP contribution in [0.4, 0.5) is 16.6 Å². The summed E-state index contributed by atoms with van der Waals surface area (Å²) < 4.78 is 7.18. The second kappa shape index (κ2) is 14.6. The number of imidazole rings is 1. The van der Waals surface area contributed by atoms with E-state index in [-0.39, 0.29) is 42.2 Å². The van der Waals surface area contributed by atoms with Crippen LogP contribution >= 0.6 is 0 Å². The molecular formula is C36H46N8O7. The topological polar surface area (TPSA) is 207 Å². The van der Waals surface area contributed by atoms with Gasteiger partial charge in [0.25, 0.3) is 0 Å². The molecular weight excluding hydrogens is 656 g/mol. The van der Waals surface area contributed by atoms with Crippen molar-refractivity contribution >= 4 is 34.9 Å². The first-order valence-corrected chi connectivity index (χ1v) is 17.3. The summed E-state index contributed by atoms with van der Waals surface area (Å²) in [7, 11) is 0. The van der Waals surface area contributed by atoms with Crippen LogP contribution in [0, 0.1) is 0 Å². The molecule has 3 heterocycles. The normalized spacial score (nSPS) is 22.0. The van der Waals surface area contributed by atoms with Gasteiger partial charge < -0.3 is 50.6 Å². The maximum Gasteiger partial charge on any atom is 0.407 e. The number of ether oxygens (including phenoxy) is 1. The van der Waals surface area contributed by atoms with E-state index in [0.29, 0.717) is 49.0 Å².